The van der Waals surface area contributed by atoms with E-state index in [1.807, 2.05) is 19.9 Å². The first-order valence-corrected chi connectivity index (χ1v) is 9.72. The number of aryl methyl sites for hydroxylation is 2. The number of allylic oxidation sites excluding steroid dienone is 1. The molecule has 0 bridgehead atoms. The molecule has 1 aliphatic heterocycles. The van der Waals surface area contributed by atoms with Gasteiger partial charge >= 0.3 is 0 Å². The second-order valence-electron chi connectivity index (χ2n) is 7.58. The van der Waals surface area contributed by atoms with Crippen molar-refractivity contribution in [1.82, 2.24) is 15.2 Å². The first-order valence-electron chi connectivity index (χ1n) is 9.72. The summed E-state index contributed by atoms with van der Waals surface area (Å²) in [6, 6.07) is 0. The first-order chi connectivity index (χ1) is 12.1. The number of hydrogen-bond donors (Lipinski definition) is 1. The molecule has 5 heteroatoms. The van der Waals surface area contributed by atoms with Gasteiger partial charge < -0.3 is 9.73 Å². The highest BCUT2D eigenvalue weighted by molar-refractivity contribution is 5.88. The maximum absolute atomic E-state index is 12.1. The molecule has 0 radical (unpaired) electrons. The fraction of sp³-hybridized carbons (Fsp3) is 0.700. The molecule has 1 aromatic heterocycles. The number of nitrogens with one attached hydrogen (secondary N) is 1. The topological polar surface area (TPSA) is 58.4 Å². The molecule has 25 heavy (non-hydrogen) atoms. The third kappa shape index (κ3) is 5.43. The summed E-state index contributed by atoms with van der Waals surface area (Å²) in [5.74, 6) is 2.42. The summed E-state index contributed by atoms with van der Waals surface area (Å²) in [6.45, 7) is 7.63. The lowest BCUT2D eigenvalue weighted by Crippen LogP contribution is -2.38. The van der Waals surface area contributed by atoms with Crippen molar-refractivity contribution in [3.8, 4) is 0 Å². The Bertz CT molecular complexity index is 585. The van der Waals surface area contributed by atoms with E-state index >= 15 is 0 Å². The van der Waals surface area contributed by atoms with Gasteiger partial charge in [0.25, 0.3) is 0 Å². The highest BCUT2D eigenvalue weighted by atomic mass is 16.4. The lowest BCUT2D eigenvalue weighted by molar-refractivity contribution is -0.116. The van der Waals surface area contributed by atoms with Crippen molar-refractivity contribution in [2.24, 2.45) is 5.92 Å². The van der Waals surface area contributed by atoms with E-state index in [0.717, 1.165) is 69.2 Å². The SMILES string of the molecule is Cc1nc(CN2CCC(CNC(=O)C=C3CCCCC3)CC2)oc1C. The van der Waals surface area contributed by atoms with E-state index in [9.17, 15) is 4.79 Å². The van der Waals surface area contributed by atoms with Gasteiger partial charge in [-0.15, -0.1) is 0 Å². The largest absolute Gasteiger partial charge is 0.444 e. The number of nitrogens with zero attached hydrogens (tertiary/aromatic N) is 2. The number of hydrogen-bond acceptors (Lipinski definition) is 4. The van der Waals surface area contributed by atoms with E-state index in [0.29, 0.717) is 5.92 Å². The molecule has 0 spiro atoms. The summed E-state index contributed by atoms with van der Waals surface area (Å²) < 4.78 is 5.68. The minimum absolute atomic E-state index is 0.102. The van der Waals surface area contributed by atoms with E-state index < -0.39 is 0 Å². The summed E-state index contributed by atoms with van der Waals surface area (Å²) in [4.78, 5) is 18.9. The predicted octanol–water partition coefficient (Wildman–Crippen LogP) is 3.51. The van der Waals surface area contributed by atoms with Crippen LogP contribution in [0.2, 0.25) is 0 Å². The minimum Gasteiger partial charge on any atom is -0.444 e. The number of carbonyl (C=O) groups excluding carboxylic acids is 1. The zero-order chi connectivity index (χ0) is 17.6. The zero-order valence-corrected chi connectivity index (χ0v) is 15.6. The van der Waals surface area contributed by atoms with E-state index in [-0.39, 0.29) is 5.91 Å². The van der Waals surface area contributed by atoms with Crippen LogP contribution in [-0.4, -0.2) is 35.4 Å². The smallest absolute Gasteiger partial charge is 0.243 e. The summed E-state index contributed by atoms with van der Waals surface area (Å²) >= 11 is 0. The van der Waals surface area contributed by atoms with Gasteiger partial charge in [0, 0.05) is 12.6 Å². The average molecular weight is 345 g/mol. The van der Waals surface area contributed by atoms with Gasteiger partial charge in [-0.2, -0.15) is 0 Å². The molecular formula is C20H31N3O2. The van der Waals surface area contributed by atoms with Crippen molar-refractivity contribution in [3.05, 3.63) is 29.0 Å². The number of carbonyl (C=O) groups is 1. The van der Waals surface area contributed by atoms with Crippen molar-refractivity contribution in [2.75, 3.05) is 19.6 Å². The maximum Gasteiger partial charge on any atom is 0.243 e. The van der Waals surface area contributed by atoms with Crippen LogP contribution < -0.4 is 5.32 Å². The molecule has 1 N–H and O–H groups in total. The van der Waals surface area contributed by atoms with Crippen molar-refractivity contribution in [2.45, 2.75) is 65.3 Å². The maximum atomic E-state index is 12.1. The van der Waals surface area contributed by atoms with Gasteiger partial charge in [0.05, 0.1) is 12.2 Å². The van der Waals surface area contributed by atoms with Crippen molar-refractivity contribution in [1.29, 1.82) is 0 Å². The Morgan fingerprint density at radius 2 is 1.96 bits per heavy atom. The van der Waals surface area contributed by atoms with E-state index in [1.165, 1.54) is 24.8 Å². The number of likely N-dealkylation sites (tertiary alicyclic amines) is 1. The second kappa shape index (κ2) is 8.65. The molecule has 1 amide bonds. The van der Waals surface area contributed by atoms with Crippen LogP contribution in [-0.2, 0) is 11.3 Å². The van der Waals surface area contributed by atoms with Crippen LogP contribution in [0.15, 0.2) is 16.1 Å². The molecule has 1 aliphatic carbocycles. The Labute approximate surface area is 150 Å². The highest BCUT2D eigenvalue weighted by Crippen LogP contribution is 2.22. The normalized spacial score (nSPS) is 19.8. The Balaban J connectivity index is 1.36. The van der Waals surface area contributed by atoms with E-state index in [2.05, 4.69) is 15.2 Å². The highest BCUT2D eigenvalue weighted by Gasteiger charge is 2.21. The number of piperidine rings is 1. The van der Waals surface area contributed by atoms with Crippen LogP contribution in [0.25, 0.3) is 0 Å². The van der Waals surface area contributed by atoms with Gasteiger partial charge in [0.1, 0.15) is 5.76 Å². The van der Waals surface area contributed by atoms with Gasteiger partial charge in [-0.25, -0.2) is 4.98 Å². The Kier molecular flexibility index (Phi) is 6.29. The molecular weight excluding hydrogens is 314 g/mol. The van der Waals surface area contributed by atoms with Crippen molar-refractivity contribution in [3.63, 3.8) is 0 Å². The van der Waals surface area contributed by atoms with Gasteiger partial charge in [-0.05, 0) is 71.4 Å². The molecule has 1 saturated heterocycles. The molecule has 0 aromatic carbocycles. The van der Waals surface area contributed by atoms with Gasteiger partial charge in [0.15, 0.2) is 0 Å². The van der Waals surface area contributed by atoms with Gasteiger partial charge in [-0.3, -0.25) is 9.69 Å². The summed E-state index contributed by atoms with van der Waals surface area (Å²) in [5.41, 5.74) is 2.31. The van der Waals surface area contributed by atoms with Gasteiger partial charge in [-0.1, -0.05) is 12.0 Å². The van der Waals surface area contributed by atoms with E-state index in [1.54, 1.807) is 0 Å². The molecule has 2 fully saturated rings. The summed E-state index contributed by atoms with van der Waals surface area (Å²) in [5, 5.41) is 3.11. The van der Waals surface area contributed by atoms with Crippen molar-refractivity contribution >= 4 is 5.91 Å². The Morgan fingerprint density at radius 1 is 1.24 bits per heavy atom. The van der Waals surface area contributed by atoms with Crippen LogP contribution in [0.4, 0.5) is 0 Å². The average Bonchev–Trinajstić information content (AvgIpc) is 2.92. The van der Waals surface area contributed by atoms with Crippen LogP contribution in [0, 0.1) is 19.8 Å². The Morgan fingerprint density at radius 3 is 2.60 bits per heavy atom. The molecule has 0 atom stereocenters. The predicted molar refractivity (Wildman–Crippen MR) is 98.2 cm³/mol. The summed E-state index contributed by atoms with van der Waals surface area (Å²) in [6.07, 6.45) is 10.1. The standard InChI is InChI=1S/C20H31N3O2/c1-15-16(2)25-20(22-15)14-23-10-8-18(9-11-23)13-21-19(24)12-17-6-4-3-5-7-17/h12,18H,3-11,13-14H2,1-2H3,(H,21,24). The number of aromatic nitrogens is 1. The number of amides is 1. The van der Waals surface area contributed by atoms with Crippen molar-refractivity contribution < 1.29 is 9.21 Å². The minimum atomic E-state index is 0.102. The monoisotopic (exact) mass is 345 g/mol. The van der Waals surface area contributed by atoms with Crippen LogP contribution in [0.5, 0.6) is 0 Å². The molecule has 5 nitrogen and oxygen atoms in total. The fourth-order valence-corrected chi connectivity index (χ4v) is 3.78. The molecule has 2 heterocycles. The lowest BCUT2D eigenvalue weighted by atomic mass is 9.94. The van der Waals surface area contributed by atoms with Crippen LogP contribution in [0.3, 0.4) is 0 Å². The quantitative estimate of drug-likeness (QED) is 0.830. The second-order valence-corrected chi connectivity index (χ2v) is 7.58. The zero-order valence-electron chi connectivity index (χ0n) is 15.6. The summed E-state index contributed by atoms with van der Waals surface area (Å²) in [7, 11) is 0. The third-order valence-electron chi connectivity index (χ3n) is 5.53. The molecule has 138 valence electrons. The lowest BCUT2D eigenvalue weighted by Gasteiger charge is -2.31. The molecule has 0 unspecified atom stereocenters. The first kappa shape index (κ1) is 18.2. The third-order valence-corrected chi connectivity index (χ3v) is 5.53. The van der Waals surface area contributed by atoms with Crippen LogP contribution >= 0.6 is 0 Å². The van der Waals surface area contributed by atoms with Gasteiger partial charge in [0.2, 0.25) is 11.8 Å². The number of rotatable bonds is 5. The fourth-order valence-electron chi connectivity index (χ4n) is 3.78. The Hall–Kier alpha value is -1.62. The molecule has 2 aliphatic rings. The van der Waals surface area contributed by atoms with Crippen LogP contribution in [0.1, 0.15) is 62.3 Å². The molecule has 3 rings (SSSR count). The molecule has 1 saturated carbocycles. The molecule has 1 aromatic rings. The number of oxazole rings is 1. The van der Waals surface area contributed by atoms with E-state index in [4.69, 9.17) is 4.42 Å².